The first-order valence-corrected chi connectivity index (χ1v) is 13.2. The molecule has 174 valence electrons. The summed E-state index contributed by atoms with van der Waals surface area (Å²) in [4.78, 5) is 13.5. The van der Waals surface area contributed by atoms with Crippen molar-refractivity contribution in [3.05, 3.63) is 30.2 Å². The Morgan fingerprint density at radius 2 is 1.84 bits per heavy atom. The van der Waals surface area contributed by atoms with E-state index < -0.39 is 10.0 Å². The lowest BCUT2D eigenvalue weighted by molar-refractivity contribution is -0.0347. The SMILES string of the molecule is CC(C)(C)n1ncc(C(=O)NC2C3CC4CC2CC(NS(C)(=O)=O)(C4)C3)c1-n1cccn1. The molecule has 4 aliphatic rings. The van der Waals surface area contributed by atoms with E-state index in [1.54, 1.807) is 17.1 Å². The smallest absolute Gasteiger partial charge is 0.256 e. The van der Waals surface area contributed by atoms with Crippen molar-refractivity contribution in [2.75, 3.05) is 6.26 Å². The lowest BCUT2D eigenvalue weighted by Gasteiger charge is -2.59. The summed E-state index contributed by atoms with van der Waals surface area (Å²) in [7, 11) is -3.27. The van der Waals surface area contributed by atoms with Gasteiger partial charge in [-0.05, 0) is 76.7 Å². The monoisotopic (exact) mass is 460 g/mol. The van der Waals surface area contributed by atoms with E-state index in [9.17, 15) is 13.2 Å². The number of hydrogen-bond donors (Lipinski definition) is 2. The third-order valence-electron chi connectivity index (χ3n) is 7.32. The summed E-state index contributed by atoms with van der Waals surface area (Å²) >= 11 is 0. The number of aromatic nitrogens is 4. The first-order valence-electron chi connectivity index (χ1n) is 11.3. The maximum absolute atomic E-state index is 13.5. The molecule has 9 nitrogen and oxygen atoms in total. The number of rotatable bonds is 5. The summed E-state index contributed by atoms with van der Waals surface area (Å²) in [6, 6.07) is 1.88. The molecule has 4 bridgehead atoms. The summed E-state index contributed by atoms with van der Waals surface area (Å²) < 4.78 is 30.5. The first-order chi connectivity index (χ1) is 14.9. The Morgan fingerprint density at radius 1 is 1.16 bits per heavy atom. The van der Waals surface area contributed by atoms with Gasteiger partial charge in [-0.1, -0.05) is 0 Å². The van der Waals surface area contributed by atoms with Crippen LogP contribution in [-0.4, -0.2) is 51.7 Å². The van der Waals surface area contributed by atoms with E-state index in [2.05, 4.69) is 20.2 Å². The Kier molecular flexibility index (Phi) is 4.83. The molecule has 0 spiro atoms. The lowest BCUT2D eigenvalue weighted by Crippen LogP contribution is -2.66. The number of sulfonamides is 1. The van der Waals surface area contributed by atoms with Crippen LogP contribution < -0.4 is 10.0 Å². The molecule has 1 amide bonds. The zero-order valence-electron chi connectivity index (χ0n) is 19.1. The van der Waals surface area contributed by atoms with Gasteiger partial charge in [0.2, 0.25) is 10.0 Å². The van der Waals surface area contributed by atoms with Gasteiger partial charge >= 0.3 is 0 Å². The Labute approximate surface area is 189 Å². The zero-order chi connectivity index (χ0) is 22.9. The quantitative estimate of drug-likeness (QED) is 0.709. The molecular formula is C22H32N6O3S. The van der Waals surface area contributed by atoms with E-state index in [-0.39, 0.29) is 34.9 Å². The second kappa shape index (κ2) is 7.15. The Balaban J connectivity index is 1.41. The second-order valence-electron chi connectivity index (χ2n) is 11.0. The fourth-order valence-corrected chi connectivity index (χ4v) is 7.65. The topological polar surface area (TPSA) is 111 Å². The maximum Gasteiger partial charge on any atom is 0.256 e. The molecule has 0 saturated heterocycles. The minimum absolute atomic E-state index is 0.0528. The Morgan fingerprint density at radius 3 is 2.41 bits per heavy atom. The standard InChI is InChI=1S/C22H32N6O3S/c1-21(2,3)28-20(27-7-5-6-23-27)17(13-24-28)19(29)25-18-15-8-14-9-16(18)12-22(10-14,11-15)26-32(4,30)31/h5-7,13-16,18,26H,8-12H2,1-4H3,(H,25,29). The highest BCUT2D eigenvalue weighted by Crippen LogP contribution is 2.56. The van der Waals surface area contributed by atoms with Gasteiger partial charge in [-0.25, -0.2) is 22.5 Å². The number of carbonyl (C=O) groups is 1. The number of carbonyl (C=O) groups excluding carboxylic acids is 1. The molecule has 6 rings (SSSR count). The molecule has 0 aliphatic heterocycles. The first kappa shape index (κ1) is 21.6. The van der Waals surface area contributed by atoms with Gasteiger partial charge in [-0.2, -0.15) is 10.2 Å². The summed E-state index contributed by atoms with van der Waals surface area (Å²) in [5.41, 5.74) is -0.157. The van der Waals surface area contributed by atoms with E-state index in [1.807, 2.05) is 37.7 Å². The van der Waals surface area contributed by atoms with Gasteiger partial charge in [-0.3, -0.25) is 4.79 Å². The predicted octanol–water partition coefficient (Wildman–Crippen LogP) is 2.05. The molecule has 0 aromatic carbocycles. The number of nitrogens with zero attached hydrogens (tertiary/aromatic N) is 4. The molecule has 4 fully saturated rings. The minimum Gasteiger partial charge on any atom is -0.349 e. The fourth-order valence-electron chi connectivity index (χ4n) is 6.62. The van der Waals surface area contributed by atoms with Crippen molar-refractivity contribution in [1.29, 1.82) is 0 Å². The lowest BCUT2D eigenvalue weighted by atomic mass is 9.51. The van der Waals surface area contributed by atoms with Gasteiger partial charge in [0, 0.05) is 24.0 Å². The average molecular weight is 461 g/mol. The van der Waals surface area contributed by atoms with Crippen LogP contribution in [0.1, 0.15) is 63.2 Å². The van der Waals surface area contributed by atoms with Crippen LogP contribution >= 0.6 is 0 Å². The number of amides is 1. The van der Waals surface area contributed by atoms with Crippen molar-refractivity contribution in [2.24, 2.45) is 17.8 Å². The third kappa shape index (κ3) is 3.77. The van der Waals surface area contributed by atoms with Crippen molar-refractivity contribution in [3.8, 4) is 5.82 Å². The van der Waals surface area contributed by atoms with E-state index in [0.717, 1.165) is 32.1 Å². The molecule has 2 heterocycles. The van der Waals surface area contributed by atoms with Gasteiger partial charge in [0.05, 0.1) is 18.0 Å². The molecule has 4 aliphatic carbocycles. The van der Waals surface area contributed by atoms with Gasteiger partial charge in [0.1, 0.15) is 5.56 Å². The molecule has 2 atom stereocenters. The van der Waals surface area contributed by atoms with Crippen molar-refractivity contribution in [1.82, 2.24) is 29.6 Å². The minimum atomic E-state index is -3.27. The Hall–Kier alpha value is -2.20. The normalized spacial score (nSPS) is 31.8. The highest BCUT2D eigenvalue weighted by atomic mass is 32.2. The van der Waals surface area contributed by atoms with Crippen molar-refractivity contribution in [3.63, 3.8) is 0 Å². The second-order valence-corrected chi connectivity index (χ2v) is 12.8. The summed E-state index contributed by atoms with van der Waals surface area (Å²) in [6.45, 7) is 6.13. The fraction of sp³-hybridized carbons (Fsp3) is 0.682. The molecule has 2 N–H and O–H groups in total. The molecular weight excluding hydrogens is 428 g/mol. The molecule has 2 aromatic heterocycles. The molecule has 32 heavy (non-hydrogen) atoms. The predicted molar refractivity (Wildman–Crippen MR) is 120 cm³/mol. The largest absolute Gasteiger partial charge is 0.349 e. The summed E-state index contributed by atoms with van der Waals surface area (Å²) in [5.74, 6) is 1.60. The summed E-state index contributed by atoms with van der Waals surface area (Å²) in [5, 5.41) is 12.2. The summed E-state index contributed by atoms with van der Waals surface area (Å²) in [6.07, 6.45) is 10.9. The molecule has 0 radical (unpaired) electrons. The zero-order valence-corrected chi connectivity index (χ0v) is 19.9. The van der Waals surface area contributed by atoms with Gasteiger partial charge in [0.15, 0.2) is 5.82 Å². The number of hydrogen-bond acceptors (Lipinski definition) is 5. The van der Waals surface area contributed by atoms with E-state index in [0.29, 0.717) is 17.3 Å². The van der Waals surface area contributed by atoms with Crippen LogP contribution in [0.3, 0.4) is 0 Å². The van der Waals surface area contributed by atoms with E-state index in [4.69, 9.17) is 0 Å². The highest BCUT2D eigenvalue weighted by Gasteiger charge is 2.56. The van der Waals surface area contributed by atoms with Crippen LogP contribution in [-0.2, 0) is 15.6 Å². The van der Waals surface area contributed by atoms with E-state index >= 15 is 0 Å². The van der Waals surface area contributed by atoms with Crippen LogP contribution in [0.25, 0.3) is 5.82 Å². The van der Waals surface area contributed by atoms with Crippen molar-refractivity contribution < 1.29 is 13.2 Å². The molecule has 2 aromatic rings. The van der Waals surface area contributed by atoms with Crippen molar-refractivity contribution >= 4 is 15.9 Å². The molecule has 4 saturated carbocycles. The average Bonchev–Trinajstić information content (AvgIpc) is 3.30. The van der Waals surface area contributed by atoms with Gasteiger partial charge in [-0.15, -0.1) is 0 Å². The molecule has 2 unspecified atom stereocenters. The maximum atomic E-state index is 13.5. The van der Waals surface area contributed by atoms with Crippen LogP contribution in [0.15, 0.2) is 24.7 Å². The van der Waals surface area contributed by atoms with Crippen LogP contribution in [0.4, 0.5) is 0 Å². The highest BCUT2D eigenvalue weighted by molar-refractivity contribution is 7.88. The van der Waals surface area contributed by atoms with Crippen molar-refractivity contribution in [2.45, 2.75) is 70.0 Å². The van der Waals surface area contributed by atoms with Crippen LogP contribution in [0, 0.1) is 17.8 Å². The van der Waals surface area contributed by atoms with Gasteiger partial charge in [0.25, 0.3) is 5.91 Å². The third-order valence-corrected chi connectivity index (χ3v) is 8.12. The van der Waals surface area contributed by atoms with Crippen LogP contribution in [0.5, 0.6) is 0 Å². The molecule has 10 heteroatoms. The number of nitrogens with one attached hydrogen (secondary N) is 2. The van der Waals surface area contributed by atoms with Crippen LogP contribution in [0.2, 0.25) is 0 Å². The van der Waals surface area contributed by atoms with E-state index in [1.165, 1.54) is 6.26 Å². The van der Waals surface area contributed by atoms with Gasteiger partial charge < -0.3 is 5.32 Å². The Bertz CT molecular complexity index is 1120.